The number of aldehydes is 1. The number of nitro groups is 1. The van der Waals surface area contributed by atoms with Gasteiger partial charge in [0.25, 0.3) is 5.69 Å². The molecule has 0 unspecified atom stereocenters. The second-order valence-corrected chi connectivity index (χ2v) is 4.20. The average Bonchev–Trinajstić information content (AvgIpc) is 2.52. The summed E-state index contributed by atoms with van der Waals surface area (Å²) in [6.07, 6.45) is 0.694. The maximum atomic E-state index is 10.9. The third-order valence-corrected chi connectivity index (χ3v) is 2.90. The summed E-state index contributed by atoms with van der Waals surface area (Å²) in [4.78, 5) is 21.2. The van der Waals surface area contributed by atoms with Gasteiger partial charge in [-0.1, -0.05) is 12.1 Å². The third-order valence-electron chi connectivity index (χ3n) is 2.90. The van der Waals surface area contributed by atoms with Gasteiger partial charge in [0.1, 0.15) is 18.1 Å². The predicted octanol–water partition coefficient (Wildman–Crippen LogP) is 2.99. The maximum absolute atomic E-state index is 10.9. The lowest BCUT2D eigenvalue weighted by molar-refractivity contribution is -0.385. The average molecular weight is 287 g/mol. The van der Waals surface area contributed by atoms with Gasteiger partial charge in [-0.05, 0) is 18.2 Å². The fraction of sp³-hybridized carbons (Fsp3) is 0.133. The first-order chi connectivity index (χ1) is 10.2. The summed E-state index contributed by atoms with van der Waals surface area (Å²) in [6, 6.07) is 11.0. The Morgan fingerprint density at radius 1 is 1.19 bits per heavy atom. The Hall–Kier alpha value is -2.89. The Morgan fingerprint density at radius 2 is 1.95 bits per heavy atom. The quantitative estimate of drug-likeness (QED) is 0.463. The molecule has 0 fully saturated rings. The zero-order valence-corrected chi connectivity index (χ0v) is 11.3. The highest BCUT2D eigenvalue weighted by molar-refractivity contribution is 5.79. The molecule has 0 spiro atoms. The van der Waals surface area contributed by atoms with Crippen LogP contribution in [0.25, 0.3) is 0 Å². The minimum atomic E-state index is -0.484. The van der Waals surface area contributed by atoms with E-state index >= 15 is 0 Å². The van der Waals surface area contributed by atoms with Gasteiger partial charge < -0.3 is 9.47 Å². The molecule has 0 aliphatic rings. The van der Waals surface area contributed by atoms with Crippen LogP contribution in [0.1, 0.15) is 15.9 Å². The van der Waals surface area contributed by atoms with Crippen molar-refractivity contribution >= 4 is 12.0 Å². The number of carbonyl (C=O) groups is 1. The van der Waals surface area contributed by atoms with E-state index in [4.69, 9.17) is 9.47 Å². The molecule has 2 aromatic carbocycles. The van der Waals surface area contributed by atoms with Gasteiger partial charge in [0.15, 0.2) is 6.29 Å². The summed E-state index contributed by atoms with van der Waals surface area (Å²) >= 11 is 0. The molecule has 0 aromatic heterocycles. The van der Waals surface area contributed by atoms with Crippen molar-refractivity contribution in [2.24, 2.45) is 0 Å². The third kappa shape index (κ3) is 3.36. The molecule has 6 heteroatoms. The highest BCUT2D eigenvalue weighted by Crippen LogP contribution is 2.26. The van der Waals surface area contributed by atoms with Crippen molar-refractivity contribution in [3.63, 3.8) is 0 Å². The number of nitrogens with zero attached hydrogens (tertiary/aromatic N) is 1. The number of methoxy groups -OCH3 is 1. The highest BCUT2D eigenvalue weighted by Gasteiger charge is 2.12. The summed E-state index contributed by atoms with van der Waals surface area (Å²) in [5.41, 5.74) is 0.910. The molecule has 0 radical (unpaired) electrons. The molecule has 0 atom stereocenters. The summed E-state index contributed by atoms with van der Waals surface area (Å²) in [5, 5.41) is 10.8. The largest absolute Gasteiger partial charge is 0.496 e. The van der Waals surface area contributed by atoms with Crippen LogP contribution < -0.4 is 9.47 Å². The van der Waals surface area contributed by atoms with E-state index in [9.17, 15) is 14.9 Å². The van der Waals surface area contributed by atoms with E-state index in [2.05, 4.69) is 0 Å². The maximum Gasteiger partial charge on any atom is 0.270 e. The Bertz CT molecular complexity index is 669. The molecule has 108 valence electrons. The zero-order chi connectivity index (χ0) is 15.2. The van der Waals surface area contributed by atoms with Crippen LogP contribution >= 0.6 is 0 Å². The van der Waals surface area contributed by atoms with E-state index in [0.29, 0.717) is 28.9 Å². The van der Waals surface area contributed by atoms with Crippen LogP contribution in [0.4, 0.5) is 5.69 Å². The molecule has 0 amide bonds. The lowest BCUT2D eigenvalue weighted by atomic mass is 10.2. The van der Waals surface area contributed by atoms with Gasteiger partial charge in [-0.15, -0.1) is 0 Å². The van der Waals surface area contributed by atoms with Gasteiger partial charge in [-0.2, -0.15) is 0 Å². The molecule has 0 N–H and O–H groups in total. The fourth-order valence-corrected chi connectivity index (χ4v) is 1.86. The van der Waals surface area contributed by atoms with Crippen molar-refractivity contribution in [2.45, 2.75) is 6.61 Å². The Balaban J connectivity index is 2.24. The molecule has 0 saturated heterocycles. The number of para-hydroxylation sites is 1. The summed E-state index contributed by atoms with van der Waals surface area (Å²) < 4.78 is 10.7. The molecule has 21 heavy (non-hydrogen) atoms. The molecule has 0 bridgehead atoms. The van der Waals surface area contributed by atoms with Gasteiger partial charge in [-0.25, -0.2) is 0 Å². The van der Waals surface area contributed by atoms with Gasteiger partial charge >= 0.3 is 0 Å². The van der Waals surface area contributed by atoms with E-state index < -0.39 is 4.92 Å². The number of ether oxygens (including phenoxy) is 2. The monoisotopic (exact) mass is 287 g/mol. The first-order valence-corrected chi connectivity index (χ1v) is 6.14. The van der Waals surface area contributed by atoms with Crippen molar-refractivity contribution in [3.05, 3.63) is 63.7 Å². The van der Waals surface area contributed by atoms with E-state index in [1.807, 2.05) is 0 Å². The molecular weight excluding hydrogens is 274 g/mol. The Labute approximate surface area is 121 Å². The number of carbonyl (C=O) groups excluding carboxylic acids is 1. The second kappa shape index (κ2) is 6.51. The SMILES string of the molecule is COc1ccc([N+](=O)[O-])cc1COc1ccccc1C=O. The van der Waals surface area contributed by atoms with Gasteiger partial charge in [0.05, 0.1) is 17.6 Å². The zero-order valence-electron chi connectivity index (χ0n) is 11.3. The molecule has 0 aliphatic heterocycles. The first kappa shape index (κ1) is 14.5. The van der Waals surface area contributed by atoms with Gasteiger partial charge in [0.2, 0.25) is 0 Å². The van der Waals surface area contributed by atoms with Crippen molar-refractivity contribution in [1.29, 1.82) is 0 Å². The molecule has 0 heterocycles. The predicted molar refractivity (Wildman–Crippen MR) is 75.8 cm³/mol. The van der Waals surface area contributed by atoms with Gasteiger partial charge in [0, 0.05) is 17.7 Å². The van der Waals surface area contributed by atoms with Gasteiger partial charge in [-0.3, -0.25) is 14.9 Å². The lowest BCUT2D eigenvalue weighted by Crippen LogP contribution is -2.01. The van der Waals surface area contributed by atoms with Crippen LogP contribution in [0.15, 0.2) is 42.5 Å². The Morgan fingerprint density at radius 3 is 2.62 bits per heavy atom. The van der Waals surface area contributed by atoms with Crippen LogP contribution in [0.3, 0.4) is 0 Å². The summed E-state index contributed by atoms with van der Waals surface area (Å²) in [5.74, 6) is 0.908. The van der Waals surface area contributed by atoms with E-state index in [1.54, 1.807) is 24.3 Å². The van der Waals surface area contributed by atoms with E-state index in [-0.39, 0.29) is 12.3 Å². The van der Waals surface area contributed by atoms with Crippen LogP contribution in [-0.4, -0.2) is 18.3 Å². The van der Waals surface area contributed by atoms with Crippen molar-refractivity contribution in [3.8, 4) is 11.5 Å². The minimum absolute atomic E-state index is 0.0435. The molecule has 6 nitrogen and oxygen atoms in total. The first-order valence-electron chi connectivity index (χ1n) is 6.14. The van der Waals surface area contributed by atoms with E-state index in [1.165, 1.54) is 25.3 Å². The summed E-state index contributed by atoms with van der Waals surface area (Å²) in [7, 11) is 1.48. The molecule has 0 aliphatic carbocycles. The number of rotatable bonds is 6. The van der Waals surface area contributed by atoms with Crippen molar-refractivity contribution in [1.82, 2.24) is 0 Å². The Kier molecular flexibility index (Phi) is 4.50. The molecular formula is C15H13NO5. The smallest absolute Gasteiger partial charge is 0.270 e. The molecule has 2 aromatic rings. The normalized spacial score (nSPS) is 9.95. The van der Waals surface area contributed by atoms with Crippen LogP contribution in [0, 0.1) is 10.1 Å². The second-order valence-electron chi connectivity index (χ2n) is 4.20. The number of hydrogen-bond donors (Lipinski definition) is 0. The highest BCUT2D eigenvalue weighted by atomic mass is 16.6. The minimum Gasteiger partial charge on any atom is -0.496 e. The summed E-state index contributed by atoms with van der Waals surface area (Å²) in [6.45, 7) is 0.0652. The number of hydrogen-bond acceptors (Lipinski definition) is 5. The standard InChI is InChI=1S/C15H13NO5/c1-20-14-7-6-13(16(18)19)8-12(14)10-21-15-5-3-2-4-11(15)9-17/h2-9H,10H2,1H3. The van der Waals surface area contributed by atoms with Crippen LogP contribution in [-0.2, 0) is 6.61 Å². The lowest BCUT2D eigenvalue weighted by Gasteiger charge is -2.11. The number of benzene rings is 2. The fourth-order valence-electron chi connectivity index (χ4n) is 1.86. The van der Waals surface area contributed by atoms with Crippen LogP contribution in [0.5, 0.6) is 11.5 Å². The number of non-ortho nitro benzene ring substituents is 1. The van der Waals surface area contributed by atoms with E-state index in [0.717, 1.165) is 0 Å². The van der Waals surface area contributed by atoms with Crippen molar-refractivity contribution < 1.29 is 19.2 Å². The van der Waals surface area contributed by atoms with Crippen LogP contribution in [0.2, 0.25) is 0 Å². The molecule has 0 saturated carbocycles. The number of nitro benzene ring substituents is 1. The molecule has 2 rings (SSSR count). The van der Waals surface area contributed by atoms with Crippen molar-refractivity contribution in [2.75, 3.05) is 7.11 Å². The topological polar surface area (TPSA) is 78.7 Å².